The number of hydrogen-bond donors (Lipinski definition) is 6. The molecule has 0 spiro atoms. The van der Waals surface area contributed by atoms with Gasteiger partial charge in [0.25, 0.3) is 0 Å². The molecule has 0 aromatic carbocycles. The van der Waals surface area contributed by atoms with Crippen molar-refractivity contribution in [3.63, 3.8) is 0 Å². The summed E-state index contributed by atoms with van der Waals surface area (Å²) in [4.78, 5) is 26.4. The molecular weight excluding hydrogens is 859 g/mol. The van der Waals surface area contributed by atoms with Crippen molar-refractivity contribution in [2.24, 2.45) is 0 Å². The van der Waals surface area contributed by atoms with Gasteiger partial charge in [-0.15, -0.1) is 0 Å². The molecule has 392 valence electrons. The molecule has 68 heavy (non-hydrogen) atoms. The number of ether oxygens (including phenoxy) is 3. The van der Waals surface area contributed by atoms with Crippen molar-refractivity contribution in [1.29, 1.82) is 0 Å². The maximum atomic E-state index is 13.3. The minimum absolute atomic E-state index is 0.105. The number of nitrogens with one attached hydrogen (secondary N) is 1. The molecule has 0 aliphatic carbocycles. The molecule has 11 nitrogen and oxygen atoms in total. The standard InChI is InChI=1S/C57H99NO10/c1-4-7-10-13-16-19-22-24-25-27-30-33-36-39-42-45-52(62)68-55-54(64)53(63)51(46-59)67-57(55)66-47-48(49(60)43-40-37-34-31-28-21-18-15-12-9-6-3)58-56(65)50(61)44-41-38-35-32-29-26-23-20-17-14-11-8-5-2/h8,11,16-17,19-20,22,24,26,29,40,43,48-51,53-55,57,59-61,63-64H,4-7,9-10,12-15,18,21,23,25,27-28,30-39,41-42,44-47H2,1-3H3,(H,58,65)/b11-8+,19-16+,20-17+,24-22+,29-26+,43-40+. The molecule has 0 bridgehead atoms. The van der Waals surface area contributed by atoms with Crippen LogP contribution in [0, 0.1) is 0 Å². The Bertz CT molecular complexity index is 1380. The lowest BCUT2D eigenvalue weighted by Crippen LogP contribution is -2.61. The monoisotopic (exact) mass is 958 g/mol. The first kappa shape index (κ1) is 63.1. The zero-order chi connectivity index (χ0) is 49.7. The number of carbonyl (C=O) groups is 2. The van der Waals surface area contributed by atoms with Gasteiger partial charge in [0.15, 0.2) is 12.4 Å². The van der Waals surface area contributed by atoms with Crippen molar-refractivity contribution in [2.75, 3.05) is 13.2 Å². The Balaban J connectivity index is 2.78. The number of allylic oxidation sites excluding steroid dienone is 11. The first-order valence-corrected chi connectivity index (χ1v) is 27.2. The van der Waals surface area contributed by atoms with Crippen LogP contribution >= 0.6 is 0 Å². The van der Waals surface area contributed by atoms with Gasteiger partial charge in [-0.2, -0.15) is 0 Å². The fourth-order valence-corrected chi connectivity index (χ4v) is 8.01. The summed E-state index contributed by atoms with van der Waals surface area (Å²) in [5.41, 5.74) is 0. The Morgan fingerprint density at radius 3 is 1.71 bits per heavy atom. The zero-order valence-electron chi connectivity index (χ0n) is 43.0. The van der Waals surface area contributed by atoms with Gasteiger partial charge in [0.05, 0.1) is 25.4 Å². The van der Waals surface area contributed by atoms with Crippen LogP contribution in [0.15, 0.2) is 72.9 Å². The van der Waals surface area contributed by atoms with Crippen LogP contribution in [0.1, 0.15) is 213 Å². The van der Waals surface area contributed by atoms with Gasteiger partial charge in [0.2, 0.25) is 5.91 Å². The Morgan fingerprint density at radius 1 is 0.603 bits per heavy atom. The molecule has 6 N–H and O–H groups in total. The predicted molar refractivity (Wildman–Crippen MR) is 278 cm³/mol. The molecule has 8 unspecified atom stereocenters. The van der Waals surface area contributed by atoms with Crippen molar-refractivity contribution in [3.05, 3.63) is 72.9 Å². The topological polar surface area (TPSA) is 175 Å². The highest BCUT2D eigenvalue weighted by molar-refractivity contribution is 5.80. The van der Waals surface area contributed by atoms with Gasteiger partial charge >= 0.3 is 5.97 Å². The first-order chi connectivity index (χ1) is 33.2. The van der Waals surface area contributed by atoms with E-state index in [2.05, 4.69) is 86.8 Å². The number of hydrogen-bond acceptors (Lipinski definition) is 10. The Hall–Kier alpha value is -2.90. The van der Waals surface area contributed by atoms with Gasteiger partial charge in [0.1, 0.15) is 24.4 Å². The van der Waals surface area contributed by atoms with Gasteiger partial charge in [-0.25, -0.2) is 0 Å². The van der Waals surface area contributed by atoms with Crippen LogP contribution in [0.3, 0.4) is 0 Å². The molecule has 1 rings (SSSR count). The summed E-state index contributed by atoms with van der Waals surface area (Å²) in [5.74, 6) is -1.24. The second-order valence-electron chi connectivity index (χ2n) is 18.6. The summed E-state index contributed by atoms with van der Waals surface area (Å²) in [6.45, 7) is 5.58. The molecular formula is C57H99NO10. The van der Waals surface area contributed by atoms with Gasteiger partial charge in [-0.1, -0.05) is 196 Å². The van der Waals surface area contributed by atoms with E-state index in [0.29, 0.717) is 12.8 Å². The van der Waals surface area contributed by atoms with E-state index < -0.39 is 67.4 Å². The third-order valence-corrected chi connectivity index (χ3v) is 12.4. The normalized spacial score (nSPS) is 20.5. The Kier molecular flexibility index (Phi) is 42.0. The van der Waals surface area contributed by atoms with Crippen LogP contribution in [0.2, 0.25) is 0 Å². The molecule has 0 aromatic rings. The fraction of sp³-hybridized carbons (Fsp3) is 0.754. The van der Waals surface area contributed by atoms with Crippen molar-refractivity contribution in [3.8, 4) is 0 Å². The average molecular weight is 958 g/mol. The number of amides is 1. The van der Waals surface area contributed by atoms with E-state index in [1.807, 2.05) is 6.08 Å². The van der Waals surface area contributed by atoms with Crippen molar-refractivity contribution < 1.29 is 49.3 Å². The van der Waals surface area contributed by atoms with Gasteiger partial charge in [-0.3, -0.25) is 9.59 Å². The molecule has 1 amide bonds. The van der Waals surface area contributed by atoms with Crippen LogP contribution in [-0.2, 0) is 23.8 Å². The lowest BCUT2D eigenvalue weighted by Gasteiger charge is -2.41. The first-order valence-electron chi connectivity index (χ1n) is 27.2. The molecule has 0 aromatic heterocycles. The molecule has 1 heterocycles. The highest BCUT2D eigenvalue weighted by atomic mass is 16.7. The predicted octanol–water partition coefficient (Wildman–Crippen LogP) is 11.7. The van der Waals surface area contributed by atoms with E-state index in [9.17, 15) is 35.1 Å². The van der Waals surface area contributed by atoms with Crippen molar-refractivity contribution in [2.45, 2.75) is 262 Å². The Labute approximate surface area is 413 Å². The number of unbranched alkanes of at least 4 members (excludes halogenated alkanes) is 21. The molecule has 0 radical (unpaired) electrons. The van der Waals surface area contributed by atoms with E-state index >= 15 is 0 Å². The highest BCUT2D eigenvalue weighted by Crippen LogP contribution is 2.26. The van der Waals surface area contributed by atoms with Gasteiger partial charge in [0, 0.05) is 6.42 Å². The molecule has 8 atom stereocenters. The number of aliphatic hydroxyl groups is 5. The highest BCUT2D eigenvalue weighted by Gasteiger charge is 2.47. The smallest absolute Gasteiger partial charge is 0.306 e. The summed E-state index contributed by atoms with van der Waals surface area (Å²) in [6.07, 6.45) is 45.2. The SMILES string of the molecule is CC/C=C/C/C=C/C/C=C/CCCCCC(O)C(=O)NC(COC1OC(CO)C(O)C(O)C1OC(=O)CCCCCCCC/C=C/C=C/CCCCC)C(O)/C=C/CCCCCCCCCCC. The molecule has 1 aliphatic heterocycles. The minimum Gasteiger partial charge on any atom is -0.454 e. The Morgan fingerprint density at radius 2 is 1.10 bits per heavy atom. The van der Waals surface area contributed by atoms with Crippen LogP contribution in [0.25, 0.3) is 0 Å². The van der Waals surface area contributed by atoms with E-state index in [4.69, 9.17) is 14.2 Å². The van der Waals surface area contributed by atoms with Crippen LogP contribution in [0.4, 0.5) is 0 Å². The summed E-state index contributed by atoms with van der Waals surface area (Å²) in [7, 11) is 0. The quantitative estimate of drug-likeness (QED) is 0.0149. The van der Waals surface area contributed by atoms with E-state index in [-0.39, 0.29) is 19.4 Å². The number of carbonyl (C=O) groups excluding carboxylic acids is 2. The maximum Gasteiger partial charge on any atom is 0.306 e. The van der Waals surface area contributed by atoms with Crippen molar-refractivity contribution in [1.82, 2.24) is 5.32 Å². The fourth-order valence-electron chi connectivity index (χ4n) is 8.01. The van der Waals surface area contributed by atoms with Crippen LogP contribution < -0.4 is 5.32 Å². The van der Waals surface area contributed by atoms with Crippen LogP contribution in [0.5, 0.6) is 0 Å². The number of aliphatic hydroxyl groups excluding tert-OH is 5. The number of rotatable bonds is 44. The third kappa shape index (κ3) is 33.6. The largest absolute Gasteiger partial charge is 0.454 e. The van der Waals surface area contributed by atoms with E-state index in [1.54, 1.807) is 6.08 Å². The van der Waals surface area contributed by atoms with Crippen LogP contribution in [-0.4, -0.2) is 99.6 Å². The average Bonchev–Trinajstić information content (AvgIpc) is 3.33. The summed E-state index contributed by atoms with van der Waals surface area (Å²) in [5, 5.41) is 56.6. The lowest BCUT2D eigenvalue weighted by atomic mass is 9.99. The lowest BCUT2D eigenvalue weighted by molar-refractivity contribution is -0.305. The molecule has 1 fully saturated rings. The van der Waals surface area contributed by atoms with Crippen molar-refractivity contribution >= 4 is 11.9 Å². The third-order valence-electron chi connectivity index (χ3n) is 12.4. The van der Waals surface area contributed by atoms with E-state index in [0.717, 1.165) is 109 Å². The van der Waals surface area contributed by atoms with Gasteiger partial charge in [-0.05, 0) is 83.5 Å². The molecule has 11 heteroatoms. The second-order valence-corrected chi connectivity index (χ2v) is 18.6. The molecule has 1 saturated heterocycles. The minimum atomic E-state index is -1.62. The summed E-state index contributed by atoms with van der Waals surface area (Å²) >= 11 is 0. The maximum absolute atomic E-state index is 13.3. The number of esters is 1. The molecule has 0 saturated carbocycles. The van der Waals surface area contributed by atoms with Gasteiger partial charge < -0.3 is 45.1 Å². The van der Waals surface area contributed by atoms with E-state index in [1.165, 1.54) is 57.8 Å². The molecule has 1 aliphatic rings. The summed E-state index contributed by atoms with van der Waals surface area (Å²) < 4.78 is 17.5. The zero-order valence-corrected chi connectivity index (χ0v) is 43.0. The second kappa shape index (κ2) is 45.3. The summed E-state index contributed by atoms with van der Waals surface area (Å²) in [6, 6.07) is -1.04.